The fourth-order valence-corrected chi connectivity index (χ4v) is 2.84. The largest absolute Gasteiger partial charge is 0.357 e. The fourth-order valence-electron chi connectivity index (χ4n) is 1.88. The summed E-state index contributed by atoms with van der Waals surface area (Å²) in [6.07, 6.45) is 0. The van der Waals surface area contributed by atoms with Crippen LogP contribution in [0, 0.1) is 6.92 Å². The highest BCUT2D eigenvalue weighted by molar-refractivity contribution is 8.00. The highest BCUT2D eigenvalue weighted by Gasteiger charge is 2.36. The number of benzene rings is 1. The SMILES string of the molecule is CNC(=O)C(C)(C)N(C)C(=O)[C@@H](C)Sc1ccc(C)cc1. The monoisotopic (exact) mass is 308 g/mol. The molecule has 0 aromatic heterocycles. The number of nitrogens with zero attached hydrogens (tertiary/aromatic N) is 1. The summed E-state index contributed by atoms with van der Waals surface area (Å²) in [5.41, 5.74) is 0.324. The van der Waals surface area contributed by atoms with Crippen molar-refractivity contribution < 1.29 is 9.59 Å². The van der Waals surface area contributed by atoms with Gasteiger partial charge in [-0.05, 0) is 39.8 Å². The molecule has 5 heteroatoms. The third-order valence-corrected chi connectivity index (χ3v) is 4.73. The molecule has 2 amide bonds. The topological polar surface area (TPSA) is 49.4 Å². The Hall–Kier alpha value is -1.49. The summed E-state index contributed by atoms with van der Waals surface area (Å²) >= 11 is 1.50. The Morgan fingerprint density at radius 2 is 1.76 bits per heavy atom. The van der Waals surface area contributed by atoms with Gasteiger partial charge >= 0.3 is 0 Å². The molecule has 0 aliphatic carbocycles. The maximum Gasteiger partial charge on any atom is 0.245 e. The number of hydrogen-bond donors (Lipinski definition) is 1. The first-order valence-electron chi connectivity index (χ1n) is 6.93. The highest BCUT2D eigenvalue weighted by Crippen LogP contribution is 2.26. The quantitative estimate of drug-likeness (QED) is 0.850. The first kappa shape index (κ1) is 17.6. The van der Waals surface area contributed by atoms with Gasteiger partial charge in [-0.3, -0.25) is 9.59 Å². The molecular formula is C16H24N2O2S. The van der Waals surface area contributed by atoms with E-state index in [2.05, 4.69) is 5.32 Å². The Kier molecular flexibility index (Phi) is 5.84. The highest BCUT2D eigenvalue weighted by atomic mass is 32.2. The van der Waals surface area contributed by atoms with Gasteiger partial charge in [0.2, 0.25) is 11.8 Å². The molecule has 1 aromatic rings. The average molecular weight is 308 g/mol. The molecule has 0 heterocycles. The number of likely N-dealkylation sites (N-methyl/N-ethyl adjacent to an activating group) is 2. The molecule has 0 aliphatic heterocycles. The second-order valence-corrected chi connectivity index (χ2v) is 7.02. The lowest BCUT2D eigenvalue weighted by Gasteiger charge is -2.35. The summed E-state index contributed by atoms with van der Waals surface area (Å²) in [7, 11) is 3.25. The standard InChI is InChI=1S/C16H24N2O2S/c1-11-7-9-13(10-8-11)21-12(2)14(19)18(6)16(3,4)15(20)17-5/h7-10,12H,1-6H3,(H,17,20)/t12-/m1/s1. The van der Waals surface area contributed by atoms with E-state index in [-0.39, 0.29) is 17.1 Å². The van der Waals surface area contributed by atoms with Gasteiger partial charge in [-0.1, -0.05) is 17.7 Å². The van der Waals surface area contributed by atoms with Crippen LogP contribution in [0.25, 0.3) is 0 Å². The van der Waals surface area contributed by atoms with Crippen molar-refractivity contribution in [3.63, 3.8) is 0 Å². The molecule has 116 valence electrons. The molecule has 21 heavy (non-hydrogen) atoms. The van der Waals surface area contributed by atoms with Crippen LogP contribution in [0.4, 0.5) is 0 Å². The smallest absolute Gasteiger partial charge is 0.245 e. The number of carbonyl (C=O) groups is 2. The molecule has 0 bridgehead atoms. The molecule has 0 radical (unpaired) electrons. The molecule has 4 nitrogen and oxygen atoms in total. The number of hydrogen-bond acceptors (Lipinski definition) is 3. The van der Waals surface area contributed by atoms with E-state index < -0.39 is 5.54 Å². The molecule has 0 spiro atoms. The summed E-state index contributed by atoms with van der Waals surface area (Å²) in [6, 6.07) is 8.07. The van der Waals surface area contributed by atoms with Crippen molar-refractivity contribution in [2.45, 2.75) is 43.4 Å². The van der Waals surface area contributed by atoms with Crippen LogP contribution in [0.5, 0.6) is 0 Å². The van der Waals surface area contributed by atoms with Crippen molar-refractivity contribution in [2.75, 3.05) is 14.1 Å². The first-order valence-corrected chi connectivity index (χ1v) is 7.81. The number of rotatable bonds is 5. The van der Waals surface area contributed by atoms with Crippen LogP contribution < -0.4 is 5.32 Å². The van der Waals surface area contributed by atoms with E-state index in [9.17, 15) is 9.59 Å². The Labute approximate surface area is 131 Å². The van der Waals surface area contributed by atoms with E-state index in [0.29, 0.717) is 0 Å². The molecule has 0 unspecified atom stereocenters. The van der Waals surface area contributed by atoms with E-state index in [1.165, 1.54) is 22.2 Å². The van der Waals surface area contributed by atoms with Crippen LogP contribution in [0.2, 0.25) is 0 Å². The van der Waals surface area contributed by atoms with Gasteiger partial charge in [0.15, 0.2) is 0 Å². The van der Waals surface area contributed by atoms with Crippen LogP contribution in [0.3, 0.4) is 0 Å². The number of carbonyl (C=O) groups excluding carboxylic acids is 2. The van der Waals surface area contributed by atoms with Crippen LogP contribution in [0.1, 0.15) is 26.3 Å². The zero-order chi connectivity index (χ0) is 16.2. The molecule has 0 saturated heterocycles. The lowest BCUT2D eigenvalue weighted by atomic mass is 10.0. The second kappa shape index (κ2) is 6.98. The van der Waals surface area contributed by atoms with E-state index in [4.69, 9.17) is 0 Å². The molecule has 1 N–H and O–H groups in total. The molecule has 1 aromatic carbocycles. The van der Waals surface area contributed by atoms with Gasteiger partial charge in [0.05, 0.1) is 5.25 Å². The number of nitrogens with one attached hydrogen (secondary N) is 1. The van der Waals surface area contributed by atoms with Gasteiger partial charge in [0.25, 0.3) is 0 Å². The third-order valence-electron chi connectivity index (χ3n) is 3.63. The molecule has 0 saturated carbocycles. The lowest BCUT2D eigenvalue weighted by molar-refractivity contribution is -0.143. The zero-order valence-corrected chi connectivity index (χ0v) is 14.4. The minimum absolute atomic E-state index is 0.0609. The van der Waals surface area contributed by atoms with Crippen LogP contribution in [-0.2, 0) is 9.59 Å². The van der Waals surface area contributed by atoms with Crippen molar-refractivity contribution in [1.82, 2.24) is 10.2 Å². The molecule has 0 fully saturated rings. The Balaban J connectivity index is 2.78. The van der Waals surface area contributed by atoms with E-state index in [0.717, 1.165) is 4.90 Å². The van der Waals surface area contributed by atoms with Crippen LogP contribution >= 0.6 is 11.8 Å². The van der Waals surface area contributed by atoms with Gasteiger partial charge in [-0.15, -0.1) is 11.8 Å². The Morgan fingerprint density at radius 1 is 1.24 bits per heavy atom. The predicted molar refractivity (Wildman–Crippen MR) is 87.4 cm³/mol. The van der Waals surface area contributed by atoms with Crippen molar-refractivity contribution in [3.05, 3.63) is 29.8 Å². The second-order valence-electron chi connectivity index (χ2n) is 5.61. The molecular weight excluding hydrogens is 284 g/mol. The van der Waals surface area contributed by atoms with Crippen molar-refractivity contribution in [3.8, 4) is 0 Å². The maximum atomic E-state index is 12.5. The van der Waals surface area contributed by atoms with Gasteiger partial charge in [0.1, 0.15) is 5.54 Å². The molecule has 1 rings (SSSR count). The van der Waals surface area contributed by atoms with Crippen LogP contribution in [-0.4, -0.2) is 41.6 Å². The number of amides is 2. The van der Waals surface area contributed by atoms with E-state index in [1.54, 1.807) is 27.9 Å². The van der Waals surface area contributed by atoms with Gasteiger partial charge < -0.3 is 10.2 Å². The Morgan fingerprint density at radius 3 is 2.24 bits per heavy atom. The molecule has 1 atom stereocenters. The zero-order valence-electron chi connectivity index (χ0n) is 13.6. The minimum atomic E-state index is -0.867. The van der Waals surface area contributed by atoms with Gasteiger partial charge in [-0.25, -0.2) is 0 Å². The van der Waals surface area contributed by atoms with E-state index in [1.807, 2.05) is 38.1 Å². The van der Waals surface area contributed by atoms with E-state index >= 15 is 0 Å². The van der Waals surface area contributed by atoms with Gasteiger partial charge in [0, 0.05) is 19.0 Å². The summed E-state index contributed by atoms with van der Waals surface area (Å²) in [5.74, 6) is -0.236. The van der Waals surface area contributed by atoms with Gasteiger partial charge in [-0.2, -0.15) is 0 Å². The van der Waals surface area contributed by atoms with Crippen molar-refractivity contribution >= 4 is 23.6 Å². The minimum Gasteiger partial charge on any atom is -0.357 e. The predicted octanol–water partition coefficient (Wildman–Crippen LogP) is 2.46. The fraction of sp³-hybridized carbons (Fsp3) is 0.500. The summed E-state index contributed by atoms with van der Waals surface area (Å²) in [5, 5.41) is 2.35. The number of aryl methyl sites for hydroxylation is 1. The van der Waals surface area contributed by atoms with Crippen molar-refractivity contribution in [2.24, 2.45) is 0 Å². The number of thioether (sulfide) groups is 1. The maximum absolute atomic E-state index is 12.5. The van der Waals surface area contributed by atoms with Crippen molar-refractivity contribution in [1.29, 1.82) is 0 Å². The normalized spacial score (nSPS) is 12.7. The third kappa shape index (κ3) is 4.24. The first-order chi connectivity index (χ1) is 9.70. The summed E-state index contributed by atoms with van der Waals surface area (Å²) in [6.45, 7) is 7.38. The summed E-state index contributed by atoms with van der Waals surface area (Å²) in [4.78, 5) is 27.0. The summed E-state index contributed by atoms with van der Waals surface area (Å²) < 4.78 is 0. The average Bonchev–Trinajstić information content (AvgIpc) is 2.46. The lowest BCUT2D eigenvalue weighted by Crippen LogP contribution is -2.56. The Bertz CT molecular complexity index is 512. The van der Waals surface area contributed by atoms with Crippen LogP contribution in [0.15, 0.2) is 29.2 Å². The molecule has 0 aliphatic rings.